The van der Waals surface area contributed by atoms with Crippen molar-refractivity contribution in [2.45, 2.75) is 36.8 Å². The Hall–Kier alpha value is -4.54. The van der Waals surface area contributed by atoms with E-state index in [2.05, 4.69) is 4.72 Å². The van der Waals surface area contributed by atoms with Crippen LogP contribution in [0.25, 0.3) is 10.8 Å². The topological polar surface area (TPSA) is 143 Å². The van der Waals surface area contributed by atoms with Gasteiger partial charge in [0.05, 0.1) is 10.8 Å². The summed E-state index contributed by atoms with van der Waals surface area (Å²) in [5, 5.41) is 9.44. The molecule has 1 aliphatic heterocycles. The molecule has 1 saturated heterocycles. The molecule has 1 amide bonds. The predicted molar refractivity (Wildman–Crippen MR) is 165 cm³/mol. The average molecular weight is 599 g/mol. The Labute approximate surface area is 251 Å². The van der Waals surface area contributed by atoms with Crippen LogP contribution in [0.3, 0.4) is 0 Å². The monoisotopic (exact) mass is 598 g/mol. The van der Waals surface area contributed by atoms with E-state index in [0.717, 1.165) is 16.3 Å². The van der Waals surface area contributed by atoms with E-state index in [-0.39, 0.29) is 41.6 Å². The lowest BCUT2D eigenvalue weighted by molar-refractivity contribution is -0.153. The minimum atomic E-state index is -4.08. The molecule has 1 atom stereocenters. The van der Waals surface area contributed by atoms with Gasteiger partial charge < -0.3 is 15.4 Å². The summed E-state index contributed by atoms with van der Waals surface area (Å²) >= 11 is 0. The number of piperidine rings is 1. The molecule has 222 valence electrons. The Balaban J connectivity index is 1.31. The summed E-state index contributed by atoms with van der Waals surface area (Å²) in [5.41, 5.74) is 7.71. The minimum absolute atomic E-state index is 0.0568. The number of carbonyl (C=O) groups is 2. The predicted octanol–water partition coefficient (Wildman–Crippen LogP) is 4.00. The Morgan fingerprint density at radius 2 is 1.56 bits per heavy atom. The molecule has 0 spiro atoms. The number of nitrogens with two attached hydrogens (primary N) is 1. The second kappa shape index (κ2) is 13.2. The number of amides is 1. The molecule has 4 aromatic carbocycles. The van der Waals surface area contributed by atoms with Gasteiger partial charge in [0.25, 0.3) is 0 Å². The van der Waals surface area contributed by atoms with Crippen molar-refractivity contribution in [3.05, 3.63) is 114 Å². The van der Waals surface area contributed by atoms with Crippen LogP contribution >= 0.6 is 0 Å². The molecule has 0 aromatic heterocycles. The molecular weight excluding hydrogens is 564 g/mol. The maximum atomic E-state index is 13.8. The van der Waals surface area contributed by atoms with Crippen LogP contribution in [0, 0.1) is 11.3 Å². The van der Waals surface area contributed by atoms with E-state index in [4.69, 9.17) is 15.9 Å². The van der Waals surface area contributed by atoms with Gasteiger partial charge in [-0.2, -0.15) is 4.72 Å². The number of ether oxygens (including phenoxy) is 1. The van der Waals surface area contributed by atoms with E-state index >= 15 is 0 Å². The van der Waals surface area contributed by atoms with Crippen molar-refractivity contribution < 1.29 is 22.7 Å². The average Bonchev–Trinajstić information content (AvgIpc) is 3.03. The smallest absolute Gasteiger partial charge is 0.309 e. The molecule has 0 saturated carbocycles. The second-order valence-electron chi connectivity index (χ2n) is 10.7. The molecule has 0 aliphatic carbocycles. The quantitative estimate of drug-likeness (QED) is 0.143. The highest BCUT2D eigenvalue weighted by atomic mass is 32.2. The van der Waals surface area contributed by atoms with Crippen molar-refractivity contribution in [3.8, 4) is 0 Å². The number of nitrogen functional groups attached to an aromatic ring is 1. The summed E-state index contributed by atoms with van der Waals surface area (Å²) in [7, 11) is -4.08. The third-order valence-electron chi connectivity index (χ3n) is 7.67. The van der Waals surface area contributed by atoms with Crippen molar-refractivity contribution in [1.82, 2.24) is 9.62 Å². The van der Waals surface area contributed by atoms with E-state index in [1.807, 2.05) is 54.6 Å². The summed E-state index contributed by atoms with van der Waals surface area (Å²) < 4.78 is 35.3. The fourth-order valence-corrected chi connectivity index (χ4v) is 6.50. The molecule has 1 aliphatic rings. The zero-order valence-electron chi connectivity index (χ0n) is 23.6. The summed E-state index contributed by atoms with van der Waals surface area (Å²) in [6.45, 7) is 0.786. The third-order valence-corrected chi connectivity index (χ3v) is 9.14. The lowest BCUT2D eigenvalue weighted by atomic mass is 9.95. The highest BCUT2D eigenvalue weighted by Gasteiger charge is 2.34. The maximum Gasteiger partial charge on any atom is 0.309 e. The van der Waals surface area contributed by atoms with Gasteiger partial charge in [-0.1, -0.05) is 78.9 Å². The van der Waals surface area contributed by atoms with Crippen molar-refractivity contribution in [2.75, 3.05) is 13.1 Å². The molecule has 1 fully saturated rings. The van der Waals surface area contributed by atoms with Gasteiger partial charge in [-0.15, -0.1) is 0 Å². The minimum Gasteiger partial charge on any atom is -0.461 e. The van der Waals surface area contributed by atoms with Crippen LogP contribution < -0.4 is 10.5 Å². The van der Waals surface area contributed by atoms with E-state index in [1.54, 1.807) is 41.3 Å². The first-order chi connectivity index (χ1) is 20.7. The van der Waals surface area contributed by atoms with Crippen molar-refractivity contribution >= 4 is 38.5 Å². The van der Waals surface area contributed by atoms with E-state index in [9.17, 15) is 18.0 Å². The Morgan fingerprint density at radius 1 is 0.884 bits per heavy atom. The van der Waals surface area contributed by atoms with Gasteiger partial charge >= 0.3 is 5.97 Å². The first-order valence-electron chi connectivity index (χ1n) is 14.1. The molecule has 9 nitrogen and oxygen atoms in total. The number of hydrogen-bond acceptors (Lipinski definition) is 6. The Bertz CT molecular complexity index is 1730. The van der Waals surface area contributed by atoms with Gasteiger partial charge in [-0.3, -0.25) is 15.0 Å². The normalized spacial score (nSPS) is 14.7. The largest absolute Gasteiger partial charge is 0.461 e. The molecule has 0 bridgehead atoms. The summed E-state index contributed by atoms with van der Waals surface area (Å²) in [4.78, 5) is 28.2. The number of benzene rings is 4. The summed E-state index contributed by atoms with van der Waals surface area (Å²) in [6, 6.07) is 27.5. The number of amidine groups is 1. The zero-order valence-corrected chi connectivity index (χ0v) is 24.4. The number of rotatable bonds is 10. The highest BCUT2D eigenvalue weighted by Crippen LogP contribution is 2.23. The second-order valence-corrected chi connectivity index (χ2v) is 12.4. The Morgan fingerprint density at radius 3 is 2.28 bits per heavy atom. The van der Waals surface area contributed by atoms with Crippen LogP contribution in [-0.2, 0) is 37.4 Å². The summed E-state index contributed by atoms with van der Waals surface area (Å²) in [5.74, 6) is -1.14. The van der Waals surface area contributed by atoms with Crippen LogP contribution in [-0.4, -0.2) is 50.2 Å². The van der Waals surface area contributed by atoms with Gasteiger partial charge in [-0.05, 0) is 59.4 Å². The molecular formula is C33H34N4O5S. The van der Waals surface area contributed by atoms with Crippen LogP contribution in [0.1, 0.15) is 29.5 Å². The number of esters is 1. The number of sulfonamides is 1. The zero-order chi connectivity index (χ0) is 30.4. The van der Waals surface area contributed by atoms with Crippen molar-refractivity contribution in [2.24, 2.45) is 11.7 Å². The molecule has 4 aromatic rings. The van der Waals surface area contributed by atoms with Gasteiger partial charge in [0.15, 0.2) is 0 Å². The number of carbonyl (C=O) groups excluding carboxylic acids is 2. The van der Waals surface area contributed by atoms with Gasteiger partial charge in [-0.25, -0.2) is 8.42 Å². The lowest BCUT2D eigenvalue weighted by Crippen LogP contribution is -2.52. The number of nitrogens with one attached hydrogen (secondary N) is 2. The summed E-state index contributed by atoms with van der Waals surface area (Å²) in [6.07, 6.45) is 0.901. The fourth-order valence-electron chi connectivity index (χ4n) is 5.27. The molecule has 0 unspecified atom stereocenters. The van der Waals surface area contributed by atoms with Crippen molar-refractivity contribution in [3.63, 3.8) is 0 Å². The number of nitrogens with zero attached hydrogens (tertiary/aromatic N) is 1. The standard InChI is InChI=1S/C33H34N4O5S/c34-31(35)28-12-6-9-24(19-28)20-30(36-43(40,41)29-14-13-25-10-4-5-11-27(25)21-29)32(38)37-17-15-26(16-18-37)33(39)42-22-23-7-2-1-3-8-23/h1-14,19,21,26,30,36H,15-18,20,22H2,(H3,34,35)/t30-/m0/s1. The third kappa shape index (κ3) is 7.46. The molecule has 0 radical (unpaired) electrons. The number of hydrogen-bond donors (Lipinski definition) is 3. The first-order valence-corrected chi connectivity index (χ1v) is 15.6. The highest BCUT2D eigenvalue weighted by molar-refractivity contribution is 7.89. The van der Waals surface area contributed by atoms with Crippen LogP contribution in [0.2, 0.25) is 0 Å². The molecule has 4 N–H and O–H groups in total. The fraction of sp³-hybridized carbons (Fsp3) is 0.242. The Kier molecular flexibility index (Phi) is 9.18. The molecule has 43 heavy (non-hydrogen) atoms. The van der Waals surface area contributed by atoms with Crippen LogP contribution in [0.5, 0.6) is 0 Å². The lowest BCUT2D eigenvalue weighted by Gasteiger charge is -2.33. The van der Waals surface area contributed by atoms with Gasteiger partial charge in [0, 0.05) is 18.7 Å². The van der Waals surface area contributed by atoms with E-state index in [0.29, 0.717) is 37.1 Å². The first kappa shape index (κ1) is 29.9. The molecule has 5 rings (SSSR count). The molecule has 1 heterocycles. The van der Waals surface area contributed by atoms with Crippen LogP contribution in [0.15, 0.2) is 102 Å². The number of fused-ring (bicyclic) bond motifs is 1. The van der Waals surface area contributed by atoms with Gasteiger partial charge in [0.2, 0.25) is 15.9 Å². The van der Waals surface area contributed by atoms with E-state index < -0.39 is 16.1 Å². The number of likely N-dealkylation sites (tertiary alicyclic amines) is 1. The van der Waals surface area contributed by atoms with Crippen LogP contribution in [0.4, 0.5) is 0 Å². The van der Waals surface area contributed by atoms with E-state index in [1.165, 1.54) is 6.07 Å². The maximum absolute atomic E-state index is 13.8. The van der Waals surface area contributed by atoms with Crippen molar-refractivity contribution in [1.29, 1.82) is 5.41 Å². The molecule has 10 heteroatoms. The van der Waals surface area contributed by atoms with Gasteiger partial charge in [0.1, 0.15) is 18.5 Å². The SMILES string of the molecule is N=C(N)c1cccc(C[C@H](NS(=O)(=O)c2ccc3ccccc3c2)C(=O)N2CCC(C(=O)OCc3ccccc3)CC2)c1.